The number of rotatable bonds is 2. The van der Waals surface area contributed by atoms with Crippen LogP contribution in [0.25, 0.3) is 10.4 Å². The molecule has 1 aliphatic rings. The molecule has 0 spiro atoms. The van der Waals surface area contributed by atoms with Crippen molar-refractivity contribution in [3.8, 4) is 16.2 Å². The van der Waals surface area contributed by atoms with Gasteiger partial charge in [0.2, 0.25) is 0 Å². The zero-order valence-corrected chi connectivity index (χ0v) is 14.2. The van der Waals surface area contributed by atoms with Crippen LogP contribution in [0.1, 0.15) is 15.2 Å². The van der Waals surface area contributed by atoms with E-state index in [1.807, 2.05) is 30.3 Å². The quantitative estimate of drug-likeness (QED) is 0.727. The Labute approximate surface area is 148 Å². The molecule has 1 aliphatic heterocycles. The highest BCUT2D eigenvalue weighted by molar-refractivity contribution is 7.17. The number of para-hydroxylation sites is 1. The Hall–Kier alpha value is -2.37. The van der Waals surface area contributed by atoms with E-state index in [-0.39, 0.29) is 5.91 Å². The first-order chi connectivity index (χ1) is 11.7. The summed E-state index contributed by atoms with van der Waals surface area (Å²) in [6.07, 6.45) is 3.89. The van der Waals surface area contributed by atoms with E-state index in [1.165, 1.54) is 17.5 Å². The van der Waals surface area contributed by atoms with Gasteiger partial charge in [-0.05, 0) is 29.8 Å². The maximum absolute atomic E-state index is 12.6. The number of ether oxygens (including phenoxy) is 1. The number of benzene rings is 1. The molecule has 0 saturated heterocycles. The number of thiophene rings is 1. The molecule has 0 aliphatic carbocycles. The number of anilines is 1. The molecular weight excluding hydrogens is 344 g/mol. The van der Waals surface area contributed by atoms with Gasteiger partial charge in [0, 0.05) is 29.3 Å². The summed E-state index contributed by atoms with van der Waals surface area (Å²) in [6, 6.07) is 11.5. The van der Waals surface area contributed by atoms with Crippen molar-refractivity contribution in [3.05, 3.63) is 64.3 Å². The average molecular weight is 357 g/mol. The first-order valence-corrected chi connectivity index (χ1v) is 8.67. The van der Waals surface area contributed by atoms with E-state index in [9.17, 15) is 4.79 Å². The predicted molar refractivity (Wildman–Crippen MR) is 96.2 cm³/mol. The van der Waals surface area contributed by atoms with Crippen molar-refractivity contribution in [2.45, 2.75) is 6.42 Å². The molecule has 0 unspecified atom stereocenters. The Morgan fingerprint density at radius 2 is 2.17 bits per heavy atom. The van der Waals surface area contributed by atoms with Crippen molar-refractivity contribution in [1.82, 2.24) is 4.98 Å². The van der Waals surface area contributed by atoms with Gasteiger partial charge in [-0.25, -0.2) is 0 Å². The second-order valence-electron chi connectivity index (χ2n) is 5.37. The van der Waals surface area contributed by atoms with Gasteiger partial charge < -0.3 is 10.1 Å². The lowest BCUT2D eigenvalue weighted by Gasteiger charge is -2.06. The number of carbonyl (C=O) groups is 1. The largest absolute Gasteiger partial charge is 0.493 e. The highest BCUT2D eigenvalue weighted by Crippen LogP contribution is 2.40. The van der Waals surface area contributed by atoms with E-state index in [0.717, 1.165) is 28.2 Å². The number of aromatic nitrogens is 1. The fourth-order valence-electron chi connectivity index (χ4n) is 2.67. The molecule has 0 saturated carbocycles. The summed E-state index contributed by atoms with van der Waals surface area (Å²) in [6.45, 7) is 0.609. The van der Waals surface area contributed by atoms with Gasteiger partial charge in [0.05, 0.1) is 22.2 Å². The van der Waals surface area contributed by atoms with Crippen LogP contribution in [-0.2, 0) is 6.42 Å². The average Bonchev–Trinajstić information content (AvgIpc) is 2.94. The van der Waals surface area contributed by atoms with Crippen molar-refractivity contribution in [2.75, 3.05) is 11.9 Å². The number of hydrogen-bond acceptors (Lipinski definition) is 4. The molecule has 0 fully saturated rings. The molecule has 6 heteroatoms. The molecular formula is C18H13ClN2O2S. The molecule has 1 amide bonds. The second-order valence-corrected chi connectivity index (χ2v) is 6.83. The highest BCUT2D eigenvalue weighted by Gasteiger charge is 2.21. The lowest BCUT2D eigenvalue weighted by Crippen LogP contribution is -2.10. The van der Waals surface area contributed by atoms with E-state index >= 15 is 0 Å². The van der Waals surface area contributed by atoms with Crippen LogP contribution >= 0.6 is 22.9 Å². The maximum Gasteiger partial charge on any atom is 0.265 e. The van der Waals surface area contributed by atoms with E-state index in [0.29, 0.717) is 22.2 Å². The van der Waals surface area contributed by atoms with E-state index in [2.05, 4.69) is 10.3 Å². The Morgan fingerprint density at radius 1 is 1.29 bits per heavy atom. The summed E-state index contributed by atoms with van der Waals surface area (Å²) in [5.41, 5.74) is 2.73. The minimum Gasteiger partial charge on any atom is -0.493 e. The molecule has 2 aromatic heterocycles. The molecule has 4 rings (SSSR count). The number of fused-ring (bicyclic) bond motifs is 3. The molecule has 3 aromatic rings. The molecule has 1 N–H and O–H groups in total. The summed E-state index contributed by atoms with van der Waals surface area (Å²) in [4.78, 5) is 18.2. The van der Waals surface area contributed by atoms with E-state index < -0.39 is 0 Å². The van der Waals surface area contributed by atoms with Crippen LogP contribution in [-0.4, -0.2) is 17.5 Å². The van der Waals surface area contributed by atoms with Crippen LogP contribution in [0, 0.1) is 0 Å². The van der Waals surface area contributed by atoms with Gasteiger partial charge >= 0.3 is 0 Å². The second kappa shape index (κ2) is 6.26. The highest BCUT2D eigenvalue weighted by atomic mass is 35.5. The Kier molecular flexibility index (Phi) is 3.96. The van der Waals surface area contributed by atoms with Gasteiger partial charge in [-0.3, -0.25) is 9.78 Å². The Morgan fingerprint density at radius 3 is 3.04 bits per heavy atom. The van der Waals surface area contributed by atoms with Gasteiger partial charge in [0.15, 0.2) is 0 Å². The molecule has 4 nitrogen and oxygen atoms in total. The normalized spacial score (nSPS) is 12.5. The third-order valence-corrected chi connectivity index (χ3v) is 5.32. The first kappa shape index (κ1) is 15.2. The number of pyridine rings is 1. The van der Waals surface area contributed by atoms with Crippen LogP contribution < -0.4 is 10.1 Å². The minimum absolute atomic E-state index is 0.167. The zero-order valence-electron chi connectivity index (χ0n) is 12.6. The van der Waals surface area contributed by atoms with Crippen LogP contribution in [0.4, 0.5) is 5.69 Å². The Balaban J connectivity index is 1.68. The van der Waals surface area contributed by atoms with Crippen molar-refractivity contribution in [3.63, 3.8) is 0 Å². The lowest BCUT2D eigenvalue weighted by atomic mass is 10.1. The Bertz CT molecular complexity index is 923. The van der Waals surface area contributed by atoms with Crippen LogP contribution in [0.5, 0.6) is 5.75 Å². The number of carbonyl (C=O) groups excluding carboxylic acids is 1. The number of halogens is 1. The van der Waals surface area contributed by atoms with E-state index in [4.69, 9.17) is 16.3 Å². The third-order valence-electron chi connectivity index (χ3n) is 3.81. The number of amides is 1. The summed E-state index contributed by atoms with van der Waals surface area (Å²) >= 11 is 7.53. The predicted octanol–water partition coefficient (Wildman–Crippen LogP) is 4.65. The van der Waals surface area contributed by atoms with Gasteiger partial charge in [0.25, 0.3) is 5.91 Å². The number of nitrogens with zero attached hydrogens (tertiary/aromatic N) is 1. The molecule has 0 atom stereocenters. The summed E-state index contributed by atoms with van der Waals surface area (Å²) < 4.78 is 5.78. The molecule has 24 heavy (non-hydrogen) atoms. The molecule has 120 valence electrons. The van der Waals surface area contributed by atoms with Crippen molar-refractivity contribution in [2.24, 2.45) is 0 Å². The van der Waals surface area contributed by atoms with Gasteiger partial charge in [-0.2, -0.15) is 0 Å². The van der Waals surface area contributed by atoms with Gasteiger partial charge in [-0.1, -0.05) is 23.7 Å². The minimum atomic E-state index is -0.167. The van der Waals surface area contributed by atoms with Crippen LogP contribution in [0.15, 0.2) is 48.8 Å². The topological polar surface area (TPSA) is 51.2 Å². The SMILES string of the molecule is O=C(Nc1ccncc1Cl)c1cc2c(s1)-c1ccccc1OCC2. The zero-order chi connectivity index (χ0) is 16.5. The van der Waals surface area contributed by atoms with Crippen LogP contribution in [0.2, 0.25) is 5.02 Å². The number of hydrogen-bond donors (Lipinski definition) is 1. The summed E-state index contributed by atoms with van der Waals surface area (Å²) in [5.74, 6) is 0.696. The van der Waals surface area contributed by atoms with Crippen molar-refractivity contribution in [1.29, 1.82) is 0 Å². The monoisotopic (exact) mass is 356 g/mol. The molecule has 0 radical (unpaired) electrons. The molecule has 0 bridgehead atoms. The lowest BCUT2D eigenvalue weighted by molar-refractivity contribution is 0.103. The van der Waals surface area contributed by atoms with E-state index in [1.54, 1.807) is 12.3 Å². The maximum atomic E-state index is 12.6. The van der Waals surface area contributed by atoms with Gasteiger partial charge in [0.1, 0.15) is 5.75 Å². The summed E-state index contributed by atoms with van der Waals surface area (Å²) in [7, 11) is 0. The fraction of sp³-hybridized carbons (Fsp3) is 0.111. The summed E-state index contributed by atoms with van der Waals surface area (Å²) in [5, 5.41) is 3.26. The van der Waals surface area contributed by atoms with Crippen molar-refractivity contribution >= 4 is 34.5 Å². The first-order valence-electron chi connectivity index (χ1n) is 7.48. The smallest absolute Gasteiger partial charge is 0.265 e. The standard InChI is InChI=1S/C18H13ClN2O2S/c19-13-10-20-7-5-14(13)21-18(22)16-9-11-6-8-23-15-4-2-1-3-12(15)17(11)24-16/h1-5,7,9-10H,6,8H2,(H,20,21,22). The fourth-order valence-corrected chi connectivity index (χ4v) is 3.97. The number of nitrogens with one attached hydrogen (secondary N) is 1. The molecule has 1 aromatic carbocycles. The van der Waals surface area contributed by atoms with Gasteiger partial charge in [-0.15, -0.1) is 11.3 Å². The molecule has 3 heterocycles. The van der Waals surface area contributed by atoms with Crippen LogP contribution in [0.3, 0.4) is 0 Å². The van der Waals surface area contributed by atoms with Crippen molar-refractivity contribution < 1.29 is 9.53 Å². The third kappa shape index (κ3) is 2.77.